The molecular formula is C27H27N7O3. The number of amidine groups is 1. The number of fused-ring (bicyclic) bond motifs is 1. The second-order valence-corrected chi connectivity index (χ2v) is 8.57. The number of aliphatic imine (C=N–C) groups is 2. The summed E-state index contributed by atoms with van der Waals surface area (Å²) in [5.74, 6) is -0.0598. The molecule has 0 bridgehead atoms. The lowest BCUT2D eigenvalue weighted by Crippen LogP contribution is -2.38. The highest BCUT2D eigenvalue weighted by atomic mass is 16.5. The van der Waals surface area contributed by atoms with Crippen LogP contribution in [0.1, 0.15) is 22.4 Å². The van der Waals surface area contributed by atoms with E-state index in [2.05, 4.69) is 20.3 Å². The van der Waals surface area contributed by atoms with Gasteiger partial charge in [0.15, 0.2) is 0 Å². The molecule has 5 rings (SSSR count). The monoisotopic (exact) mass is 497 g/mol. The average Bonchev–Trinajstić information content (AvgIpc) is 3.05. The maximum atomic E-state index is 13.0. The Labute approximate surface area is 214 Å². The molecule has 0 aliphatic carbocycles. The molecule has 1 fully saturated rings. The summed E-state index contributed by atoms with van der Waals surface area (Å²) in [6.45, 7) is 4.35. The molecule has 1 aromatic heterocycles. The number of nitrogens with zero attached hydrogens (tertiary/aromatic N) is 4. The standard InChI is InChI=1S/C27H27N7O3/c1-17-11-12-20(25(30-17)34-13-15-36-16-14-34)23(28)37-27(29)33-24-26(35)31-21-10-6-5-9-19(21)22(32-24)18-7-3-2-4-8-18/h2-12,24,28H,13-16H2,1H3,(H2,29,33)(H,31,35). The number of nitrogens with two attached hydrogens (primary N) is 1. The second-order valence-electron chi connectivity index (χ2n) is 8.57. The van der Waals surface area contributed by atoms with E-state index in [-0.39, 0.29) is 11.9 Å². The summed E-state index contributed by atoms with van der Waals surface area (Å²) in [7, 11) is 0. The number of amides is 1. The van der Waals surface area contributed by atoms with Crippen LogP contribution >= 0.6 is 0 Å². The summed E-state index contributed by atoms with van der Waals surface area (Å²) in [5, 5.41) is 11.4. The molecular weight excluding hydrogens is 470 g/mol. The first kappa shape index (κ1) is 24.1. The zero-order valence-corrected chi connectivity index (χ0v) is 20.3. The van der Waals surface area contributed by atoms with Crippen LogP contribution in [0.5, 0.6) is 0 Å². The Kier molecular flexibility index (Phi) is 6.91. The van der Waals surface area contributed by atoms with Crippen molar-refractivity contribution < 1.29 is 14.3 Å². The highest BCUT2D eigenvalue weighted by Crippen LogP contribution is 2.25. The number of benzodiazepines with no additional fused rings is 1. The SMILES string of the molecule is Cc1ccc(C(=N)O/C(N)=N/C2N=C(c3ccccc3)c3ccccc3NC2=O)c(N2CCOCC2)n1. The Balaban J connectivity index is 1.44. The van der Waals surface area contributed by atoms with E-state index in [1.807, 2.05) is 66.4 Å². The Hall–Kier alpha value is -4.57. The van der Waals surface area contributed by atoms with Crippen molar-refractivity contribution >= 4 is 35.0 Å². The van der Waals surface area contributed by atoms with Crippen LogP contribution in [-0.4, -0.2) is 61.0 Å². The number of carbonyl (C=O) groups excluding carboxylic acids is 1. The van der Waals surface area contributed by atoms with E-state index < -0.39 is 12.1 Å². The van der Waals surface area contributed by atoms with Crippen LogP contribution in [0.15, 0.2) is 76.7 Å². The topological polar surface area (TPSA) is 138 Å². The van der Waals surface area contributed by atoms with Gasteiger partial charge in [0, 0.05) is 29.9 Å². The molecule has 10 nitrogen and oxygen atoms in total. The number of morpholine rings is 1. The molecule has 1 saturated heterocycles. The van der Waals surface area contributed by atoms with E-state index in [9.17, 15) is 4.79 Å². The first-order valence-electron chi connectivity index (χ1n) is 11.9. The number of aryl methyl sites for hydroxylation is 1. The van der Waals surface area contributed by atoms with Crippen molar-refractivity contribution in [3.63, 3.8) is 0 Å². The lowest BCUT2D eigenvalue weighted by molar-refractivity contribution is -0.117. The van der Waals surface area contributed by atoms with E-state index in [1.54, 1.807) is 12.1 Å². The molecule has 2 aliphatic rings. The van der Waals surface area contributed by atoms with Gasteiger partial charge in [-0.15, -0.1) is 0 Å². The van der Waals surface area contributed by atoms with Gasteiger partial charge in [0.2, 0.25) is 12.1 Å². The lowest BCUT2D eigenvalue weighted by Gasteiger charge is -2.29. The Bertz CT molecular complexity index is 1380. The fourth-order valence-electron chi connectivity index (χ4n) is 4.20. The van der Waals surface area contributed by atoms with Crippen LogP contribution in [0.4, 0.5) is 11.5 Å². The highest BCUT2D eigenvalue weighted by molar-refractivity contribution is 6.19. The first-order valence-corrected chi connectivity index (χ1v) is 11.9. The van der Waals surface area contributed by atoms with E-state index >= 15 is 0 Å². The fraction of sp³-hybridized carbons (Fsp3) is 0.222. The lowest BCUT2D eigenvalue weighted by atomic mass is 10.0. The number of carbonyl (C=O) groups is 1. The van der Waals surface area contributed by atoms with Gasteiger partial charge in [-0.1, -0.05) is 48.5 Å². The maximum Gasteiger partial charge on any atom is 0.291 e. The molecule has 37 heavy (non-hydrogen) atoms. The minimum atomic E-state index is -1.20. The normalized spacial score (nSPS) is 17.8. The zero-order valence-electron chi connectivity index (χ0n) is 20.3. The maximum absolute atomic E-state index is 13.0. The van der Waals surface area contributed by atoms with Crippen molar-refractivity contribution in [2.24, 2.45) is 15.7 Å². The number of anilines is 2. The number of nitrogens with one attached hydrogen (secondary N) is 2. The molecule has 3 aromatic rings. The van der Waals surface area contributed by atoms with Crippen molar-refractivity contribution in [2.75, 3.05) is 36.5 Å². The van der Waals surface area contributed by atoms with Gasteiger partial charge >= 0.3 is 0 Å². The smallest absolute Gasteiger partial charge is 0.291 e. The predicted molar refractivity (Wildman–Crippen MR) is 142 cm³/mol. The Morgan fingerprint density at radius 3 is 2.62 bits per heavy atom. The van der Waals surface area contributed by atoms with Crippen LogP contribution in [0.25, 0.3) is 0 Å². The average molecular weight is 498 g/mol. The van der Waals surface area contributed by atoms with Gasteiger partial charge in [-0.3, -0.25) is 10.2 Å². The number of pyridine rings is 1. The Morgan fingerprint density at radius 2 is 1.84 bits per heavy atom. The number of aromatic nitrogens is 1. The Morgan fingerprint density at radius 1 is 1.11 bits per heavy atom. The molecule has 0 saturated carbocycles. The number of hydrogen-bond donors (Lipinski definition) is 3. The fourth-order valence-corrected chi connectivity index (χ4v) is 4.20. The van der Waals surface area contributed by atoms with Crippen molar-refractivity contribution in [2.45, 2.75) is 13.1 Å². The zero-order chi connectivity index (χ0) is 25.8. The number of ether oxygens (including phenoxy) is 2. The first-order chi connectivity index (χ1) is 18.0. The van der Waals surface area contributed by atoms with Crippen LogP contribution in [0.2, 0.25) is 0 Å². The van der Waals surface area contributed by atoms with E-state index in [4.69, 9.17) is 20.6 Å². The minimum absolute atomic E-state index is 0.222. The van der Waals surface area contributed by atoms with Gasteiger partial charge in [0.25, 0.3) is 11.9 Å². The quantitative estimate of drug-likeness (QED) is 0.374. The van der Waals surface area contributed by atoms with Crippen LogP contribution in [0.3, 0.4) is 0 Å². The van der Waals surface area contributed by atoms with E-state index in [1.165, 1.54) is 0 Å². The van der Waals surface area contributed by atoms with E-state index in [0.29, 0.717) is 49.1 Å². The highest BCUT2D eigenvalue weighted by Gasteiger charge is 2.26. The summed E-state index contributed by atoms with van der Waals surface area (Å²) in [5.41, 5.74) is 10.2. The number of para-hydroxylation sites is 1. The molecule has 0 spiro atoms. The molecule has 1 amide bonds. The second kappa shape index (κ2) is 10.6. The molecule has 188 valence electrons. The van der Waals surface area contributed by atoms with Gasteiger partial charge in [-0.05, 0) is 25.1 Å². The molecule has 1 unspecified atom stereocenters. The van der Waals surface area contributed by atoms with Crippen molar-refractivity contribution in [1.29, 1.82) is 5.41 Å². The van der Waals surface area contributed by atoms with Crippen LogP contribution < -0.4 is 16.0 Å². The predicted octanol–water partition coefficient (Wildman–Crippen LogP) is 2.70. The van der Waals surface area contributed by atoms with Gasteiger partial charge in [0.05, 0.1) is 30.2 Å². The van der Waals surface area contributed by atoms with Gasteiger partial charge in [-0.2, -0.15) is 4.99 Å². The number of benzene rings is 2. The summed E-state index contributed by atoms with van der Waals surface area (Å²) >= 11 is 0. The number of hydrogen-bond acceptors (Lipinski definition) is 8. The molecule has 10 heteroatoms. The molecule has 2 aromatic carbocycles. The molecule has 2 aliphatic heterocycles. The molecule has 3 heterocycles. The third-order valence-electron chi connectivity index (χ3n) is 6.00. The van der Waals surface area contributed by atoms with Gasteiger partial charge in [0.1, 0.15) is 5.82 Å². The summed E-state index contributed by atoms with van der Waals surface area (Å²) in [6, 6.07) is 20.2. The largest absolute Gasteiger partial charge is 0.407 e. The summed E-state index contributed by atoms with van der Waals surface area (Å²) in [4.78, 5) is 28.6. The minimum Gasteiger partial charge on any atom is -0.407 e. The number of rotatable bonds is 4. The van der Waals surface area contributed by atoms with Gasteiger partial charge in [-0.25, -0.2) is 9.98 Å². The van der Waals surface area contributed by atoms with Gasteiger partial charge < -0.3 is 25.4 Å². The third kappa shape index (κ3) is 5.34. The molecule has 1 atom stereocenters. The van der Waals surface area contributed by atoms with Crippen molar-refractivity contribution in [3.05, 3.63) is 89.1 Å². The molecule has 0 radical (unpaired) electrons. The van der Waals surface area contributed by atoms with Crippen molar-refractivity contribution in [3.8, 4) is 0 Å². The third-order valence-corrected chi connectivity index (χ3v) is 6.00. The molecule has 4 N–H and O–H groups in total. The van der Waals surface area contributed by atoms with Crippen LogP contribution in [-0.2, 0) is 14.3 Å². The van der Waals surface area contributed by atoms with Crippen molar-refractivity contribution in [1.82, 2.24) is 4.98 Å². The summed E-state index contributed by atoms with van der Waals surface area (Å²) < 4.78 is 11.0. The summed E-state index contributed by atoms with van der Waals surface area (Å²) in [6.07, 6.45) is -1.20. The van der Waals surface area contributed by atoms with Crippen LogP contribution in [0, 0.1) is 12.3 Å². The van der Waals surface area contributed by atoms with E-state index in [0.717, 1.165) is 16.8 Å².